The second-order valence-corrected chi connectivity index (χ2v) is 5.30. The number of ether oxygens (including phenoxy) is 2. The molecule has 0 radical (unpaired) electrons. The molecule has 0 spiro atoms. The van der Waals surface area contributed by atoms with Gasteiger partial charge in [-0.2, -0.15) is 5.10 Å². The lowest BCUT2D eigenvalue weighted by atomic mass is 10.1. The second kappa shape index (κ2) is 6.18. The van der Waals surface area contributed by atoms with Crippen LogP contribution in [0.5, 0.6) is 11.5 Å². The molecular weight excluding hydrogens is 266 g/mol. The van der Waals surface area contributed by atoms with Crippen molar-refractivity contribution in [2.24, 2.45) is 0 Å². The van der Waals surface area contributed by atoms with E-state index in [1.54, 1.807) is 0 Å². The van der Waals surface area contributed by atoms with Crippen molar-refractivity contribution in [1.29, 1.82) is 0 Å². The fraction of sp³-hybridized carbons (Fsp3) is 0.438. The molecule has 1 aliphatic heterocycles. The topological polar surface area (TPSA) is 48.3 Å². The van der Waals surface area contributed by atoms with Crippen LogP contribution in [0, 0.1) is 6.92 Å². The van der Waals surface area contributed by atoms with Crippen molar-refractivity contribution >= 4 is 0 Å². The monoisotopic (exact) mass is 287 g/mol. The van der Waals surface area contributed by atoms with Gasteiger partial charge in [0, 0.05) is 6.20 Å². The van der Waals surface area contributed by atoms with Gasteiger partial charge in [-0.05, 0) is 43.7 Å². The number of hydrogen-bond acceptors (Lipinski definition) is 4. The third kappa shape index (κ3) is 3.19. The Labute approximate surface area is 124 Å². The molecule has 112 valence electrons. The SMILES string of the molecule is CCCNC(Cn1ccc(C)n1)c1ccc2c(c1)OCO2. The average Bonchev–Trinajstić information content (AvgIpc) is 3.11. The maximum absolute atomic E-state index is 5.48. The summed E-state index contributed by atoms with van der Waals surface area (Å²) in [6.07, 6.45) is 3.11. The zero-order chi connectivity index (χ0) is 14.7. The zero-order valence-electron chi connectivity index (χ0n) is 12.5. The maximum atomic E-state index is 5.48. The number of aromatic nitrogens is 2. The van der Waals surface area contributed by atoms with Crippen molar-refractivity contribution in [2.75, 3.05) is 13.3 Å². The van der Waals surface area contributed by atoms with Crippen molar-refractivity contribution in [2.45, 2.75) is 32.9 Å². The standard InChI is InChI=1S/C16H21N3O2/c1-3-7-17-14(10-19-8-6-12(2)18-19)13-4-5-15-16(9-13)21-11-20-15/h4-6,8-9,14,17H,3,7,10-11H2,1-2H3. The summed E-state index contributed by atoms with van der Waals surface area (Å²) in [5.74, 6) is 1.65. The summed E-state index contributed by atoms with van der Waals surface area (Å²) in [7, 11) is 0. The van der Waals surface area contributed by atoms with Crippen molar-refractivity contribution < 1.29 is 9.47 Å². The van der Waals surface area contributed by atoms with E-state index < -0.39 is 0 Å². The Hall–Kier alpha value is -2.01. The summed E-state index contributed by atoms with van der Waals surface area (Å²) in [5, 5.41) is 8.05. The molecule has 1 aliphatic rings. The lowest BCUT2D eigenvalue weighted by Gasteiger charge is -2.19. The Kier molecular flexibility index (Phi) is 4.10. The van der Waals surface area contributed by atoms with E-state index in [9.17, 15) is 0 Å². The summed E-state index contributed by atoms with van der Waals surface area (Å²) >= 11 is 0. The van der Waals surface area contributed by atoms with Crippen molar-refractivity contribution in [3.05, 3.63) is 41.7 Å². The Morgan fingerprint density at radius 1 is 1.29 bits per heavy atom. The molecular formula is C16H21N3O2. The van der Waals surface area contributed by atoms with Gasteiger partial charge in [-0.3, -0.25) is 4.68 Å². The van der Waals surface area contributed by atoms with E-state index in [-0.39, 0.29) is 6.04 Å². The molecule has 21 heavy (non-hydrogen) atoms. The molecule has 1 aromatic heterocycles. The predicted octanol–water partition coefficient (Wildman–Crippen LogP) is 2.66. The highest BCUT2D eigenvalue weighted by molar-refractivity contribution is 5.45. The quantitative estimate of drug-likeness (QED) is 0.887. The molecule has 0 bridgehead atoms. The van der Waals surface area contributed by atoms with E-state index in [1.165, 1.54) is 5.56 Å². The minimum absolute atomic E-state index is 0.207. The lowest BCUT2D eigenvalue weighted by molar-refractivity contribution is 0.174. The number of nitrogens with zero attached hydrogens (tertiary/aromatic N) is 2. The summed E-state index contributed by atoms with van der Waals surface area (Å²) in [6.45, 7) is 6.25. The first-order valence-corrected chi connectivity index (χ1v) is 7.39. The van der Waals surface area contributed by atoms with Crippen molar-refractivity contribution in [1.82, 2.24) is 15.1 Å². The van der Waals surface area contributed by atoms with Crippen LogP contribution in [0.4, 0.5) is 0 Å². The molecule has 1 aromatic carbocycles. The predicted molar refractivity (Wildman–Crippen MR) is 80.6 cm³/mol. The Morgan fingerprint density at radius 3 is 2.90 bits per heavy atom. The first-order valence-electron chi connectivity index (χ1n) is 7.39. The van der Waals surface area contributed by atoms with Crippen LogP contribution in [-0.4, -0.2) is 23.1 Å². The Balaban J connectivity index is 1.80. The van der Waals surface area contributed by atoms with E-state index in [2.05, 4.69) is 29.5 Å². The molecule has 5 heteroatoms. The number of benzene rings is 1. The molecule has 2 heterocycles. The molecule has 0 fully saturated rings. The van der Waals surface area contributed by atoms with Gasteiger partial charge in [0.2, 0.25) is 6.79 Å². The van der Waals surface area contributed by atoms with E-state index in [0.717, 1.165) is 36.7 Å². The van der Waals surface area contributed by atoms with Gasteiger partial charge >= 0.3 is 0 Å². The van der Waals surface area contributed by atoms with Gasteiger partial charge in [0.25, 0.3) is 0 Å². The highest BCUT2D eigenvalue weighted by atomic mass is 16.7. The largest absolute Gasteiger partial charge is 0.454 e. The smallest absolute Gasteiger partial charge is 0.231 e. The number of fused-ring (bicyclic) bond motifs is 1. The molecule has 5 nitrogen and oxygen atoms in total. The number of nitrogens with one attached hydrogen (secondary N) is 1. The molecule has 0 saturated carbocycles. The molecule has 2 aromatic rings. The molecule has 1 unspecified atom stereocenters. The van der Waals surface area contributed by atoms with Gasteiger partial charge in [0.15, 0.2) is 11.5 Å². The van der Waals surface area contributed by atoms with Crippen molar-refractivity contribution in [3.63, 3.8) is 0 Å². The van der Waals surface area contributed by atoms with Gasteiger partial charge < -0.3 is 14.8 Å². The van der Waals surface area contributed by atoms with Crippen LogP contribution in [0.25, 0.3) is 0 Å². The fourth-order valence-corrected chi connectivity index (χ4v) is 2.49. The summed E-state index contributed by atoms with van der Waals surface area (Å²) < 4.78 is 12.8. The highest BCUT2D eigenvalue weighted by Crippen LogP contribution is 2.34. The molecule has 3 rings (SSSR count). The normalized spacial score (nSPS) is 14.4. The van der Waals surface area contributed by atoms with Gasteiger partial charge in [-0.15, -0.1) is 0 Å². The van der Waals surface area contributed by atoms with E-state index in [0.29, 0.717) is 6.79 Å². The van der Waals surface area contributed by atoms with Crippen LogP contribution >= 0.6 is 0 Å². The minimum atomic E-state index is 0.207. The lowest BCUT2D eigenvalue weighted by Crippen LogP contribution is -2.26. The minimum Gasteiger partial charge on any atom is -0.454 e. The molecule has 0 amide bonds. The Bertz CT molecular complexity index is 609. The van der Waals surface area contributed by atoms with Gasteiger partial charge in [0.1, 0.15) is 0 Å². The van der Waals surface area contributed by atoms with Gasteiger partial charge in [0.05, 0.1) is 18.3 Å². The highest BCUT2D eigenvalue weighted by Gasteiger charge is 2.18. The number of rotatable bonds is 6. The number of hydrogen-bond donors (Lipinski definition) is 1. The number of aryl methyl sites for hydroxylation is 1. The molecule has 1 atom stereocenters. The van der Waals surface area contributed by atoms with Gasteiger partial charge in [-0.25, -0.2) is 0 Å². The average molecular weight is 287 g/mol. The zero-order valence-corrected chi connectivity index (χ0v) is 12.5. The molecule has 1 N–H and O–H groups in total. The molecule has 0 aliphatic carbocycles. The van der Waals surface area contributed by atoms with Crippen LogP contribution in [0.3, 0.4) is 0 Å². The summed E-state index contributed by atoms with van der Waals surface area (Å²) in [6, 6.07) is 8.37. The van der Waals surface area contributed by atoms with Crippen LogP contribution in [0.1, 0.15) is 30.6 Å². The van der Waals surface area contributed by atoms with Gasteiger partial charge in [-0.1, -0.05) is 13.0 Å². The van der Waals surface area contributed by atoms with E-state index in [4.69, 9.17) is 9.47 Å². The summed E-state index contributed by atoms with van der Waals surface area (Å²) in [5.41, 5.74) is 2.23. The maximum Gasteiger partial charge on any atom is 0.231 e. The first-order chi connectivity index (χ1) is 10.3. The Morgan fingerprint density at radius 2 is 2.14 bits per heavy atom. The van der Waals surface area contributed by atoms with Crippen LogP contribution < -0.4 is 14.8 Å². The summed E-state index contributed by atoms with van der Waals surface area (Å²) in [4.78, 5) is 0. The third-order valence-corrected chi connectivity index (χ3v) is 3.58. The van der Waals surface area contributed by atoms with Crippen LogP contribution in [-0.2, 0) is 6.54 Å². The van der Waals surface area contributed by atoms with Crippen molar-refractivity contribution in [3.8, 4) is 11.5 Å². The van der Waals surface area contributed by atoms with Crippen LogP contribution in [0.15, 0.2) is 30.5 Å². The fourth-order valence-electron chi connectivity index (χ4n) is 2.49. The molecule has 0 saturated heterocycles. The van der Waals surface area contributed by atoms with E-state index in [1.807, 2.05) is 29.9 Å². The van der Waals surface area contributed by atoms with E-state index >= 15 is 0 Å². The third-order valence-electron chi connectivity index (χ3n) is 3.58. The van der Waals surface area contributed by atoms with Crippen LogP contribution in [0.2, 0.25) is 0 Å². The second-order valence-electron chi connectivity index (χ2n) is 5.30. The first kappa shape index (κ1) is 13.9.